The van der Waals surface area contributed by atoms with Crippen molar-refractivity contribution in [3.63, 3.8) is 0 Å². The first-order chi connectivity index (χ1) is 9.08. The first-order valence-electron chi connectivity index (χ1n) is 6.40. The molecule has 1 atom stereocenters. The van der Waals surface area contributed by atoms with Crippen LogP contribution in [0, 0.1) is 6.92 Å². The lowest BCUT2D eigenvalue weighted by atomic mass is 10.2. The average molecular weight is 301 g/mol. The molecule has 19 heavy (non-hydrogen) atoms. The summed E-state index contributed by atoms with van der Waals surface area (Å²) in [5, 5.41) is 0.749. The van der Waals surface area contributed by atoms with Crippen LogP contribution in [-0.4, -0.2) is 22.3 Å². The molecule has 0 fully saturated rings. The van der Waals surface area contributed by atoms with Gasteiger partial charge in [-0.25, -0.2) is 4.98 Å². The molecule has 2 rings (SSSR count). The van der Waals surface area contributed by atoms with Gasteiger partial charge in [-0.05, 0) is 38.5 Å². The second-order valence-corrected chi connectivity index (χ2v) is 5.25. The van der Waals surface area contributed by atoms with Crippen molar-refractivity contribution in [3.8, 4) is 0 Å². The van der Waals surface area contributed by atoms with Crippen LogP contribution in [0.25, 0.3) is 11.0 Å². The van der Waals surface area contributed by atoms with Crippen molar-refractivity contribution in [3.05, 3.63) is 28.5 Å². The van der Waals surface area contributed by atoms with Crippen LogP contribution in [0.2, 0.25) is 5.02 Å². The molecule has 0 saturated carbocycles. The van der Waals surface area contributed by atoms with Crippen LogP contribution >= 0.6 is 23.2 Å². The summed E-state index contributed by atoms with van der Waals surface area (Å²) in [6.45, 7) is 7.48. The number of rotatable bonds is 5. The number of hydrogen-bond donors (Lipinski definition) is 0. The highest BCUT2D eigenvalue weighted by Gasteiger charge is 2.15. The molecule has 0 bridgehead atoms. The minimum atomic E-state index is 0.114. The molecule has 0 saturated heterocycles. The molecule has 1 heterocycles. The van der Waals surface area contributed by atoms with Crippen LogP contribution in [0.15, 0.2) is 12.1 Å². The Bertz CT molecular complexity index is 580. The molecule has 104 valence electrons. The van der Waals surface area contributed by atoms with Crippen LogP contribution < -0.4 is 0 Å². The number of halogens is 2. The summed E-state index contributed by atoms with van der Waals surface area (Å²) < 4.78 is 7.72. The highest BCUT2D eigenvalue weighted by molar-refractivity contribution is 6.32. The fourth-order valence-corrected chi connectivity index (χ4v) is 2.67. The Kier molecular flexibility index (Phi) is 4.71. The summed E-state index contributed by atoms with van der Waals surface area (Å²) in [6, 6.07) is 3.81. The Balaban J connectivity index is 2.52. The van der Waals surface area contributed by atoms with E-state index in [0.29, 0.717) is 12.5 Å². The number of fused-ring (bicyclic) bond motifs is 1. The van der Waals surface area contributed by atoms with Gasteiger partial charge in [-0.3, -0.25) is 0 Å². The summed E-state index contributed by atoms with van der Waals surface area (Å²) >= 11 is 12.2. The minimum Gasteiger partial charge on any atom is -0.377 e. The summed E-state index contributed by atoms with van der Waals surface area (Å²) in [6.07, 6.45) is 0.114. The minimum absolute atomic E-state index is 0.114. The van der Waals surface area contributed by atoms with Crippen molar-refractivity contribution in [2.75, 3.05) is 6.61 Å². The SMILES string of the molecule is CCOC(C)Cn1c(CCl)nc2ccc(Cl)c(C)c21. The lowest BCUT2D eigenvalue weighted by molar-refractivity contribution is 0.0643. The van der Waals surface area contributed by atoms with E-state index in [2.05, 4.69) is 9.55 Å². The molecule has 1 unspecified atom stereocenters. The van der Waals surface area contributed by atoms with Crippen molar-refractivity contribution < 1.29 is 4.74 Å². The number of aromatic nitrogens is 2. The number of benzene rings is 1. The zero-order valence-electron chi connectivity index (χ0n) is 11.4. The monoisotopic (exact) mass is 300 g/mol. The van der Waals surface area contributed by atoms with Crippen molar-refractivity contribution >= 4 is 34.2 Å². The average Bonchev–Trinajstić information content (AvgIpc) is 2.73. The van der Waals surface area contributed by atoms with Gasteiger partial charge in [0.1, 0.15) is 5.82 Å². The Labute approximate surface area is 123 Å². The molecule has 0 aliphatic rings. The van der Waals surface area contributed by atoms with E-state index in [-0.39, 0.29) is 6.10 Å². The first-order valence-corrected chi connectivity index (χ1v) is 7.31. The van der Waals surface area contributed by atoms with Crippen molar-refractivity contribution in [2.24, 2.45) is 0 Å². The summed E-state index contributed by atoms with van der Waals surface area (Å²) in [7, 11) is 0. The van der Waals surface area contributed by atoms with Crippen molar-refractivity contribution in [2.45, 2.75) is 39.3 Å². The Morgan fingerprint density at radius 2 is 2.16 bits per heavy atom. The van der Waals surface area contributed by atoms with Gasteiger partial charge in [-0.1, -0.05) is 11.6 Å². The van der Waals surface area contributed by atoms with Crippen molar-refractivity contribution in [1.82, 2.24) is 9.55 Å². The quantitative estimate of drug-likeness (QED) is 0.775. The third-order valence-corrected chi connectivity index (χ3v) is 3.83. The molecule has 0 radical (unpaired) electrons. The molecule has 2 aromatic rings. The first kappa shape index (κ1) is 14.6. The Hall–Kier alpha value is -0.770. The van der Waals surface area contributed by atoms with Gasteiger partial charge in [0.05, 0.1) is 29.6 Å². The smallest absolute Gasteiger partial charge is 0.124 e. The zero-order chi connectivity index (χ0) is 14.0. The number of ether oxygens (including phenoxy) is 1. The standard InChI is InChI=1S/C14H18Cl2N2O/c1-4-19-9(2)8-18-13(7-15)17-12-6-5-11(16)10(3)14(12)18/h5-6,9H,4,7-8H2,1-3H3. The second-order valence-electron chi connectivity index (χ2n) is 4.58. The fourth-order valence-electron chi connectivity index (χ4n) is 2.31. The highest BCUT2D eigenvalue weighted by atomic mass is 35.5. The normalized spacial score (nSPS) is 13.1. The Morgan fingerprint density at radius 3 is 2.79 bits per heavy atom. The van der Waals surface area contributed by atoms with E-state index < -0.39 is 0 Å². The molecule has 5 heteroatoms. The maximum atomic E-state index is 6.20. The lowest BCUT2D eigenvalue weighted by Gasteiger charge is -2.15. The van der Waals surface area contributed by atoms with Gasteiger partial charge in [0.25, 0.3) is 0 Å². The second kappa shape index (κ2) is 6.12. The van der Waals surface area contributed by atoms with E-state index >= 15 is 0 Å². The molecule has 1 aromatic heterocycles. The number of hydrogen-bond acceptors (Lipinski definition) is 2. The van der Waals surface area contributed by atoms with Crippen LogP contribution in [0.1, 0.15) is 25.2 Å². The van der Waals surface area contributed by atoms with Crippen LogP contribution in [-0.2, 0) is 17.2 Å². The Morgan fingerprint density at radius 1 is 1.42 bits per heavy atom. The number of nitrogens with zero attached hydrogens (tertiary/aromatic N) is 2. The maximum absolute atomic E-state index is 6.20. The number of imidazole rings is 1. The lowest BCUT2D eigenvalue weighted by Crippen LogP contribution is -2.18. The van der Waals surface area contributed by atoms with Crippen LogP contribution in [0.5, 0.6) is 0 Å². The van der Waals surface area contributed by atoms with E-state index in [0.717, 1.165) is 34.0 Å². The van der Waals surface area contributed by atoms with Gasteiger partial charge in [-0.2, -0.15) is 0 Å². The molecule has 0 aliphatic carbocycles. The van der Waals surface area contributed by atoms with Gasteiger partial charge in [-0.15, -0.1) is 11.6 Å². The van der Waals surface area contributed by atoms with Crippen LogP contribution in [0.4, 0.5) is 0 Å². The van der Waals surface area contributed by atoms with Gasteiger partial charge < -0.3 is 9.30 Å². The molecule has 1 aromatic carbocycles. The van der Waals surface area contributed by atoms with E-state index in [1.807, 2.05) is 32.9 Å². The van der Waals surface area contributed by atoms with Gasteiger partial charge in [0, 0.05) is 11.6 Å². The molecular weight excluding hydrogens is 283 g/mol. The van der Waals surface area contributed by atoms with E-state index in [1.54, 1.807) is 0 Å². The number of alkyl halides is 1. The summed E-state index contributed by atoms with van der Waals surface area (Å²) in [5.41, 5.74) is 3.02. The molecule has 3 nitrogen and oxygen atoms in total. The predicted molar refractivity (Wildman–Crippen MR) is 80.1 cm³/mol. The molecule has 0 N–H and O–H groups in total. The van der Waals surface area contributed by atoms with Gasteiger partial charge >= 0.3 is 0 Å². The molecule has 0 amide bonds. The summed E-state index contributed by atoms with van der Waals surface area (Å²) in [5.74, 6) is 1.23. The molecule has 0 aliphatic heterocycles. The summed E-state index contributed by atoms with van der Waals surface area (Å²) in [4.78, 5) is 4.56. The van der Waals surface area contributed by atoms with E-state index in [9.17, 15) is 0 Å². The van der Waals surface area contributed by atoms with E-state index in [1.165, 1.54) is 0 Å². The third kappa shape index (κ3) is 2.88. The molecule has 0 spiro atoms. The maximum Gasteiger partial charge on any atom is 0.124 e. The zero-order valence-corrected chi connectivity index (χ0v) is 12.9. The third-order valence-electron chi connectivity index (χ3n) is 3.18. The highest BCUT2D eigenvalue weighted by Crippen LogP contribution is 2.27. The van der Waals surface area contributed by atoms with Gasteiger partial charge in [0.2, 0.25) is 0 Å². The topological polar surface area (TPSA) is 27.1 Å². The fraction of sp³-hybridized carbons (Fsp3) is 0.500. The van der Waals surface area contributed by atoms with Crippen molar-refractivity contribution in [1.29, 1.82) is 0 Å². The largest absolute Gasteiger partial charge is 0.377 e. The number of aryl methyl sites for hydroxylation is 1. The predicted octanol–water partition coefficient (Wildman–Crippen LogP) is 4.16. The van der Waals surface area contributed by atoms with Gasteiger partial charge in [0.15, 0.2) is 0 Å². The van der Waals surface area contributed by atoms with E-state index in [4.69, 9.17) is 27.9 Å². The van der Waals surface area contributed by atoms with Crippen LogP contribution in [0.3, 0.4) is 0 Å². The molecular formula is C14H18Cl2N2O.